The van der Waals surface area contributed by atoms with E-state index in [4.69, 9.17) is 4.74 Å². The van der Waals surface area contributed by atoms with Gasteiger partial charge < -0.3 is 4.74 Å². The number of nitrogens with one attached hydrogen (secondary N) is 1. The van der Waals surface area contributed by atoms with Crippen molar-refractivity contribution in [3.63, 3.8) is 0 Å². The first kappa shape index (κ1) is 16.4. The molecule has 0 unspecified atom stereocenters. The molecule has 9 nitrogen and oxygen atoms in total. The Morgan fingerprint density at radius 2 is 2.00 bits per heavy atom. The van der Waals surface area contributed by atoms with Gasteiger partial charge in [-0.3, -0.25) is 19.5 Å². The molecular weight excluding hydrogens is 336 g/mol. The maximum atomic E-state index is 12.4. The van der Waals surface area contributed by atoms with Gasteiger partial charge >= 0.3 is 0 Å². The summed E-state index contributed by atoms with van der Waals surface area (Å²) in [7, 11) is -4.08. The zero-order valence-corrected chi connectivity index (χ0v) is 13.5. The number of hydrogen-bond donors (Lipinski definition) is 1. The molecule has 2 heterocycles. The number of anilines is 1. The molecule has 0 bridgehead atoms. The number of aromatic nitrogens is 2. The predicted octanol–water partition coefficient (Wildman–Crippen LogP) is 1.94. The Kier molecular flexibility index (Phi) is 4.49. The van der Waals surface area contributed by atoms with Crippen LogP contribution in [0.1, 0.15) is 18.9 Å². The Morgan fingerprint density at radius 1 is 1.29 bits per heavy atom. The van der Waals surface area contributed by atoms with Crippen LogP contribution in [-0.4, -0.2) is 36.3 Å². The average Bonchev–Trinajstić information content (AvgIpc) is 3.03. The first-order chi connectivity index (χ1) is 11.5. The number of nitro benzene ring substituents is 1. The Balaban J connectivity index is 1.83. The molecule has 1 saturated heterocycles. The van der Waals surface area contributed by atoms with E-state index in [1.165, 1.54) is 24.4 Å². The van der Waals surface area contributed by atoms with Gasteiger partial charge in [-0.05, 0) is 18.9 Å². The van der Waals surface area contributed by atoms with E-state index in [1.54, 1.807) is 10.9 Å². The van der Waals surface area contributed by atoms with Gasteiger partial charge in [0.2, 0.25) is 0 Å². The molecule has 2 aromatic rings. The van der Waals surface area contributed by atoms with Crippen molar-refractivity contribution in [1.29, 1.82) is 0 Å². The number of nitrogens with zero attached hydrogens (tertiary/aromatic N) is 3. The summed E-state index contributed by atoms with van der Waals surface area (Å²) in [5.41, 5.74) is -0.207. The van der Waals surface area contributed by atoms with Gasteiger partial charge in [0.15, 0.2) is 4.90 Å². The molecule has 10 heteroatoms. The summed E-state index contributed by atoms with van der Waals surface area (Å²) in [6.07, 6.45) is 4.58. The molecule has 0 radical (unpaired) electrons. The highest BCUT2D eigenvalue weighted by Gasteiger charge is 2.26. The maximum Gasteiger partial charge on any atom is 0.289 e. The molecule has 0 aliphatic carbocycles. The fourth-order valence-electron chi connectivity index (χ4n) is 2.59. The van der Waals surface area contributed by atoms with Gasteiger partial charge in [-0.1, -0.05) is 12.1 Å². The summed E-state index contributed by atoms with van der Waals surface area (Å²) < 4.78 is 34.2. The van der Waals surface area contributed by atoms with Gasteiger partial charge in [0.05, 0.1) is 22.8 Å². The lowest BCUT2D eigenvalue weighted by molar-refractivity contribution is -0.387. The number of benzene rings is 1. The quantitative estimate of drug-likeness (QED) is 0.649. The topological polar surface area (TPSA) is 116 Å². The van der Waals surface area contributed by atoms with Crippen molar-refractivity contribution in [2.24, 2.45) is 0 Å². The monoisotopic (exact) mass is 352 g/mol. The highest BCUT2D eigenvalue weighted by Crippen LogP contribution is 2.26. The van der Waals surface area contributed by atoms with Crippen molar-refractivity contribution in [2.45, 2.75) is 23.8 Å². The first-order valence-electron chi connectivity index (χ1n) is 7.35. The summed E-state index contributed by atoms with van der Waals surface area (Å²) in [6.45, 7) is 1.28. The number of para-hydroxylation sites is 1. The van der Waals surface area contributed by atoms with Crippen LogP contribution in [0.5, 0.6) is 0 Å². The smallest absolute Gasteiger partial charge is 0.289 e. The third-order valence-corrected chi connectivity index (χ3v) is 5.20. The number of rotatable bonds is 5. The molecule has 0 spiro atoms. The molecule has 1 aliphatic rings. The van der Waals surface area contributed by atoms with Gasteiger partial charge in [-0.25, -0.2) is 8.42 Å². The Morgan fingerprint density at radius 3 is 2.71 bits per heavy atom. The van der Waals surface area contributed by atoms with Crippen molar-refractivity contribution < 1.29 is 18.1 Å². The van der Waals surface area contributed by atoms with Crippen molar-refractivity contribution in [3.05, 3.63) is 46.8 Å². The Bertz CT molecular complexity index is 842. The van der Waals surface area contributed by atoms with Crippen LogP contribution in [0.4, 0.5) is 11.4 Å². The molecule has 128 valence electrons. The average molecular weight is 352 g/mol. The number of nitro groups is 1. The van der Waals surface area contributed by atoms with Crippen LogP contribution < -0.4 is 4.72 Å². The second-order valence-electron chi connectivity index (χ2n) is 5.38. The van der Waals surface area contributed by atoms with Gasteiger partial charge in [-0.2, -0.15) is 5.10 Å². The molecule has 3 rings (SSSR count). The van der Waals surface area contributed by atoms with Crippen molar-refractivity contribution in [1.82, 2.24) is 9.78 Å². The van der Waals surface area contributed by atoms with E-state index >= 15 is 0 Å². The number of sulfonamides is 1. The van der Waals surface area contributed by atoms with Crippen LogP contribution in [0.3, 0.4) is 0 Å². The largest absolute Gasteiger partial charge is 0.381 e. The molecule has 0 amide bonds. The zero-order valence-electron chi connectivity index (χ0n) is 12.7. The summed E-state index contributed by atoms with van der Waals surface area (Å²) in [5, 5.41) is 15.2. The van der Waals surface area contributed by atoms with E-state index in [0.717, 1.165) is 18.9 Å². The molecule has 1 aliphatic heterocycles. The van der Waals surface area contributed by atoms with Crippen molar-refractivity contribution in [2.75, 3.05) is 17.9 Å². The summed E-state index contributed by atoms with van der Waals surface area (Å²) in [5.74, 6) is 0. The van der Waals surface area contributed by atoms with Gasteiger partial charge in [-0.15, -0.1) is 0 Å². The predicted molar refractivity (Wildman–Crippen MR) is 85.2 cm³/mol. The van der Waals surface area contributed by atoms with Gasteiger partial charge in [0, 0.05) is 25.5 Å². The van der Waals surface area contributed by atoms with E-state index in [1.807, 2.05) is 0 Å². The first-order valence-corrected chi connectivity index (χ1v) is 8.84. The van der Waals surface area contributed by atoms with Crippen LogP contribution in [-0.2, 0) is 14.8 Å². The lowest BCUT2D eigenvalue weighted by Crippen LogP contribution is -2.20. The van der Waals surface area contributed by atoms with Gasteiger partial charge in [0.25, 0.3) is 15.7 Å². The lowest BCUT2D eigenvalue weighted by Gasteiger charge is -2.22. The fraction of sp³-hybridized carbons (Fsp3) is 0.357. The summed E-state index contributed by atoms with van der Waals surface area (Å²) in [4.78, 5) is 9.91. The maximum absolute atomic E-state index is 12.4. The third kappa shape index (κ3) is 3.39. The van der Waals surface area contributed by atoms with Crippen molar-refractivity contribution in [3.8, 4) is 0 Å². The lowest BCUT2D eigenvalue weighted by atomic mass is 10.1. The van der Waals surface area contributed by atoms with Crippen LogP contribution >= 0.6 is 0 Å². The molecule has 1 N–H and O–H groups in total. The van der Waals surface area contributed by atoms with Crippen molar-refractivity contribution >= 4 is 21.4 Å². The van der Waals surface area contributed by atoms with E-state index in [2.05, 4.69) is 9.82 Å². The fourth-order valence-corrected chi connectivity index (χ4v) is 3.79. The van der Waals surface area contributed by atoms with Crippen LogP contribution in [0.15, 0.2) is 41.6 Å². The number of ether oxygens (including phenoxy) is 1. The van der Waals surface area contributed by atoms with E-state index in [-0.39, 0.29) is 16.6 Å². The van der Waals surface area contributed by atoms with Gasteiger partial charge in [0.1, 0.15) is 0 Å². The highest BCUT2D eigenvalue weighted by atomic mass is 32.2. The number of hydrogen-bond acceptors (Lipinski definition) is 6. The van der Waals surface area contributed by atoms with E-state index in [0.29, 0.717) is 13.2 Å². The molecule has 0 saturated carbocycles. The van der Waals surface area contributed by atoms with Crippen LogP contribution in [0.25, 0.3) is 0 Å². The van der Waals surface area contributed by atoms with Crippen LogP contribution in [0, 0.1) is 10.1 Å². The summed E-state index contributed by atoms with van der Waals surface area (Å²) in [6, 6.07) is 5.36. The molecular formula is C14H16N4O5S. The minimum absolute atomic E-state index is 0.156. The molecule has 24 heavy (non-hydrogen) atoms. The summed E-state index contributed by atoms with van der Waals surface area (Å²) >= 11 is 0. The second-order valence-corrected chi connectivity index (χ2v) is 7.03. The highest BCUT2D eigenvalue weighted by molar-refractivity contribution is 7.92. The standard InChI is InChI=1S/C14H16N4O5S/c19-18(20)13-3-1-2-4-14(13)24(21,22)16-11-9-15-17(10-11)12-5-7-23-8-6-12/h1-4,9-10,12,16H,5-8H2. The molecule has 1 aromatic carbocycles. The Hall–Kier alpha value is -2.46. The molecule has 1 aromatic heterocycles. The van der Waals surface area contributed by atoms with E-state index in [9.17, 15) is 18.5 Å². The zero-order chi connectivity index (χ0) is 17.2. The van der Waals surface area contributed by atoms with E-state index < -0.39 is 20.6 Å². The van der Waals surface area contributed by atoms with Crippen LogP contribution in [0.2, 0.25) is 0 Å². The molecule has 1 fully saturated rings. The minimum atomic E-state index is -4.08. The molecule has 0 atom stereocenters. The Labute approximate surface area is 138 Å². The third-order valence-electron chi connectivity index (χ3n) is 3.77. The SMILES string of the molecule is O=[N+]([O-])c1ccccc1S(=O)(=O)Nc1cnn(C2CCOCC2)c1. The second kappa shape index (κ2) is 6.57. The normalized spacial score (nSPS) is 16.0. The minimum Gasteiger partial charge on any atom is -0.381 e.